The lowest BCUT2D eigenvalue weighted by Crippen LogP contribution is -2.07. The van der Waals surface area contributed by atoms with E-state index in [1.165, 1.54) is 19.1 Å². The standard InChI is InChI=1S/C13H11F3N2O3/c1-7(11(19)20)8-2-4-9(5-3-8)17-12-18-10(6-21-12)13(14,15)16/h2-7H,1H3,(H,17,18)(H,19,20)/t7-/m0/s1. The molecule has 0 saturated carbocycles. The Balaban J connectivity index is 2.10. The van der Waals surface area contributed by atoms with Crippen LogP contribution in [0.5, 0.6) is 0 Å². The van der Waals surface area contributed by atoms with Crippen LogP contribution in [0.25, 0.3) is 0 Å². The Morgan fingerprint density at radius 1 is 1.33 bits per heavy atom. The average molecular weight is 300 g/mol. The predicted molar refractivity (Wildman–Crippen MR) is 67.3 cm³/mol. The summed E-state index contributed by atoms with van der Waals surface area (Å²) >= 11 is 0. The summed E-state index contributed by atoms with van der Waals surface area (Å²) in [5.41, 5.74) is -0.107. The van der Waals surface area contributed by atoms with Gasteiger partial charge in [0, 0.05) is 5.69 Å². The largest absolute Gasteiger partial charge is 0.481 e. The summed E-state index contributed by atoms with van der Waals surface area (Å²) in [5, 5.41) is 11.4. The number of hydrogen-bond donors (Lipinski definition) is 2. The average Bonchev–Trinajstić information content (AvgIpc) is 2.87. The van der Waals surface area contributed by atoms with Crippen LogP contribution >= 0.6 is 0 Å². The number of halogens is 3. The summed E-state index contributed by atoms with van der Waals surface area (Å²) in [7, 11) is 0. The first-order valence-corrected chi connectivity index (χ1v) is 5.90. The summed E-state index contributed by atoms with van der Waals surface area (Å²) in [6.07, 6.45) is -4.05. The number of carbonyl (C=O) groups is 1. The molecule has 0 fully saturated rings. The van der Waals surface area contributed by atoms with E-state index in [9.17, 15) is 18.0 Å². The van der Waals surface area contributed by atoms with Gasteiger partial charge < -0.3 is 14.8 Å². The normalized spacial score (nSPS) is 13.0. The molecule has 8 heteroatoms. The van der Waals surface area contributed by atoms with Gasteiger partial charge in [-0.15, -0.1) is 0 Å². The molecule has 2 aromatic rings. The molecule has 0 bridgehead atoms. The van der Waals surface area contributed by atoms with E-state index in [2.05, 4.69) is 14.7 Å². The van der Waals surface area contributed by atoms with Crippen molar-refractivity contribution in [2.75, 3.05) is 5.32 Å². The van der Waals surface area contributed by atoms with Gasteiger partial charge in [0.1, 0.15) is 6.26 Å². The predicted octanol–water partition coefficient (Wildman–Crippen LogP) is 3.63. The molecule has 1 atom stereocenters. The summed E-state index contributed by atoms with van der Waals surface area (Å²) in [4.78, 5) is 14.1. The molecule has 1 heterocycles. The van der Waals surface area contributed by atoms with Crippen molar-refractivity contribution in [3.05, 3.63) is 41.8 Å². The van der Waals surface area contributed by atoms with Gasteiger partial charge in [-0.05, 0) is 24.6 Å². The van der Waals surface area contributed by atoms with Crippen molar-refractivity contribution in [3.63, 3.8) is 0 Å². The molecule has 0 radical (unpaired) electrons. The third-order valence-corrected chi connectivity index (χ3v) is 2.83. The van der Waals surface area contributed by atoms with E-state index in [0.29, 0.717) is 17.5 Å². The minimum atomic E-state index is -4.57. The number of nitrogens with one attached hydrogen (secondary N) is 1. The number of aromatic nitrogens is 1. The van der Waals surface area contributed by atoms with E-state index in [0.717, 1.165) is 0 Å². The zero-order chi connectivity index (χ0) is 15.6. The molecule has 0 aliphatic rings. The SMILES string of the molecule is C[C@H](C(=O)O)c1ccc(Nc2nc(C(F)(F)F)co2)cc1. The summed E-state index contributed by atoms with van der Waals surface area (Å²) in [6, 6.07) is 5.91. The first kappa shape index (κ1) is 14.9. The summed E-state index contributed by atoms with van der Waals surface area (Å²) in [6.45, 7) is 1.54. The minimum Gasteiger partial charge on any atom is -0.481 e. The van der Waals surface area contributed by atoms with Crippen LogP contribution in [0, 0.1) is 0 Å². The molecule has 1 aromatic carbocycles. The van der Waals surface area contributed by atoms with E-state index in [1.807, 2.05) is 0 Å². The van der Waals surface area contributed by atoms with Crippen molar-refractivity contribution in [1.82, 2.24) is 4.98 Å². The zero-order valence-electron chi connectivity index (χ0n) is 10.8. The van der Waals surface area contributed by atoms with Crippen molar-refractivity contribution < 1.29 is 27.5 Å². The van der Waals surface area contributed by atoms with Crippen LogP contribution < -0.4 is 5.32 Å². The number of carboxylic acid groups (broad SMARTS) is 1. The van der Waals surface area contributed by atoms with Gasteiger partial charge in [0.25, 0.3) is 6.01 Å². The smallest absolute Gasteiger partial charge is 0.436 e. The number of aliphatic carboxylic acids is 1. The van der Waals surface area contributed by atoms with Crippen LogP contribution in [-0.4, -0.2) is 16.1 Å². The molecule has 2 N–H and O–H groups in total. The van der Waals surface area contributed by atoms with Crippen LogP contribution in [0.15, 0.2) is 34.9 Å². The molecule has 0 saturated heterocycles. The molecule has 1 aromatic heterocycles. The van der Waals surface area contributed by atoms with Gasteiger partial charge in [0.05, 0.1) is 5.92 Å². The maximum Gasteiger partial charge on any atom is 0.436 e. The first-order chi connectivity index (χ1) is 9.77. The second kappa shape index (κ2) is 5.47. The molecule has 0 aliphatic heterocycles. The fourth-order valence-corrected chi connectivity index (χ4v) is 1.58. The van der Waals surface area contributed by atoms with Gasteiger partial charge in [0.2, 0.25) is 0 Å². The van der Waals surface area contributed by atoms with Crippen LogP contribution in [-0.2, 0) is 11.0 Å². The van der Waals surface area contributed by atoms with Gasteiger partial charge in [-0.2, -0.15) is 18.2 Å². The van der Waals surface area contributed by atoms with E-state index >= 15 is 0 Å². The third kappa shape index (κ3) is 3.53. The first-order valence-electron chi connectivity index (χ1n) is 5.90. The molecule has 0 amide bonds. The zero-order valence-corrected chi connectivity index (χ0v) is 10.8. The molecule has 0 aliphatic carbocycles. The number of oxazole rings is 1. The number of benzene rings is 1. The van der Waals surface area contributed by atoms with Gasteiger partial charge in [-0.25, -0.2) is 0 Å². The van der Waals surface area contributed by atoms with Crippen LogP contribution in [0.4, 0.5) is 24.9 Å². The Bertz CT molecular complexity index is 635. The highest BCUT2D eigenvalue weighted by atomic mass is 19.4. The van der Waals surface area contributed by atoms with E-state index < -0.39 is 23.8 Å². The van der Waals surface area contributed by atoms with Crippen LogP contribution in [0.1, 0.15) is 24.1 Å². The maximum absolute atomic E-state index is 12.4. The van der Waals surface area contributed by atoms with Gasteiger partial charge >= 0.3 is 12.1 Å². The molecule has 0 unspecified atom stereocenters. The van der Waals surface area contributed by atoms with Crippen molar-refractivity contribution in [2.45, 2.75) is 19.0 Å². The number of carboxylic acids is 1. The highest BCUT2D eigenvalue weighted by Crippen LogP contribution is 2.30. The Labute approximate surface area is 117 Å². The van der Waals surface area contributed by atoms with Crippen molar-refractivity contribution >= 4 is 17.7 Å². The van der Waals surface area contributed by atoms with E-state index in [-0.39, 0.29) is 6.01 Å². The molecule has 2 rings (SSSR count). The number of alkyl halides is 3. The van der Waals surface area contributed by atoms with Gasteiger partial charge in [-0.1, -0.05) is 12.1 Å². The molecule has 0 spiro atoms. The highest BCUT2D eigenvalue weighted by Gasteiger charge is 2.34. The maximum atomic E-state index is 12.4. The molecular weight excluding hydrogens is 289 g/mol. The topological polar surface area (TPSA) is 75.4 Å². The summed E-state index contributed by atoms with van der Waals surface area (Å²) < 4.78 is 41.7. The fraction of sp³-hybridized carbons (Fsp3) is 0.231. The monoisotopic (exact) mass is 300 g/mol. The van der Waals surface area contributed by atoms with E-state index in [1.54, 1.807) is 12.1 Å². The van der Waals surface area contributed by atoms with Crippen molar-refractivity contribution in [2.24, 2.45) is 0 Å². The van der Waals surface area contributed by atoms with E-state index in [4.69, 9.17) is 5.11 Å². The van der Waals surface area contributed by atoms with Crippen LogP contribution in [0.3, 0.4) is 0 Å². The van der Waals surface area contributed by atoms with Gasteiger partial charge in [0.15, 0.2) is 5.69 Å². The van der Waals surface area contributed by atoms with Crippen LogP contribution in [0.2, 0.25) is 0 Å². The molecular formula is C13H11F3N2O3. The number of nitrogens with zero attached hydrogens (tertiary/aromatic N) is 1. The second-order valence-corrected chi connectivity index (χ2v) is 4.34. The minimum absolute atomic E-state index is 0.290. The molecule has 112 valence electrons. The Morgan fingerprint density at radius 2 is 1.95 bits per heavy atom. The van der Waals surface area contributed by atoms with Gasteiger partial charge in [-0.3, -0.25) is 4.79 Å². The number of rotatable bonds is 4. The Hall–Kier alpha value is -2.51. The lowest BCUT2D eigenvalue weighted by molar-refractivity contribution is -0.141. The van der Waals surface area contributed by atoms with Crippen molar-refractivity contribution in [3.8, 4) is 0 Å². The van der Waals surface area contributed by atoms with Crippen molar-refractivity contribution in [1.29, 1.82) is 0 Å². The molecule has 21 heavy (non-hydrogen) atoms. The second-order valence-electron chi connectivity index (χ2n) is 4.34. The number of hydrogen-bond acceptors (Lipinski definition) is 4. The lowest BCUT2D eigenvalue weighted by Gasteiger charge is -2.07. The fourth-order valence-electron chi connectivity index (χ4n) is 1.58. The highest BCUT2D eigenvalue weighted by molar-refractivity contribution is 5.75. The number of anilines is 2. The Kier molecular flexibility index (Phi) is 3.88. The molecule has 5 nitrogen and oxygen atoms in total. The Morgan fingerprint density at radius 3 is 2.43 bits per heavy atom. The third-order valence-electron chi connectivity index (χ3n) is 2.83. The lowest BCUT2D eigenvalue weighted by atomic mass is 10.0. The summed E-state index contributed by atoms with van der Waals surface area (Å²) in [5.74, 6) is -1.63. The quantitative estimate of drug-likeness (QED) is 0.902.